The lowest BCUT2D eigenvalue weighted by molar-refractivity contribution is -0.117. The standard InChI is InChI=1S/C16H15N3O4S/c1-23-16(22)12-6-5-11(24-12)15(21)18-10-4-7-13(17-8-10)19-14(20)9-2-3-9/h4-9H,2-3H2,1H3,(H,18,21)(H,17,19,20). The maximum Gasteiger partial charge on any atom is 0.348 e. The zero-order valence-corrected chi connectivity index (χ0v) is 13.7. The summed E-state index contributed by atoms with van der Waals surface area (Å²) in [6, 6.07) is 6.39. The Balaban J connectivity index is 1.60. The molecule has 0 bridgehead atoms. The van der Waals surface area contributed by atoms with E-state index in [1.807, 2.05) is 0 Å². The second-order valence-corrected chi connectivity index (χ2v) is 6.39. The van der Waals surface area contributed by atoms with Crippen LogP contribution in [0.1, 0.15) is 32.2 Å². The van der Waals surface area contributed by atoms with Crippen LogP contribution in [0.25, 0.3) is 0 Å². The van der Waals surface area contributed by atoms with Crippen molar-refractivity contribution in [2.24, 2.45) is 5.92 Å². The minimum Gasteiger partial charge on any atom is -0.465 e. The van der Waals surface area contributed by atoms with Crippen LogP contribution in [0.4, 0.5) is 11.5 Å². The third kappa shape index (κ3) is 3.77. The van der Waals surface area contributed by atoms with Crippen molar-refractivity contribution in [2.75, 3.05) is 17.7 Å². The van der Waals surface area contributed by atoms with E-state index in [1.165, 1.54) is 13.3 Å². The fraction of sp³-hybridized carbons (Fsp3) is 0.250. The van der Waals surface area contributed by atoms with Crippen LogP contribution in [0.15, 0.2) is 30.5 Å². The van der Waals surface area contributed by atoms with E-state index >= 15 is 0 Å². The number of thiophene rings is 1. The number of rotatable bonds is 5. The van der Waals surface area contributed by atoms with Gasteiger partial charge in [0, 0.05) is 5.92 Å². The number of nitrogens with zero attached hydrogens (tertiary/aromatic N) is 1. The number of methoxy groups -OCH3 is 1. The van der Waals surface area contributed by atoms with Gasteiger partial charge in [-0.2, -0.15) is 0 Å². The molecule has 8 heteroatoms. The lowest BCUT2D eigenvalue weighted by Gasteiger charge is -2.06. The maximum atomic E-state index is 12.1. The lowest BCUT2D eigenvalue weighted by Crippen LogP contribution is -2.15. The molecule has 0 radical (unpaired) electrons. The molecule has 2 heterocycles. The van der Waals surface area contributed by atoms with E-state index in [2.05, 4.69) is 20.4 Å². The topological polar surface area (TPSA) is 97.4 Å². The van der Waals surface area contributed by atoms with Gasteiger partial charge in [-0.25, -0.2) is 9.78 Å². The lowest BCUT2D eigenvalue weighted by atomic mass is 10.3. The minimum atomic E-state index is -0.475. The molecule has 2 aromatic heterocycles. The fourth-order valence-electron chi connectivity index (χ4n) is 1.98. The second kappa shape index (κ2) is 6.79. The van der Waals surface area contributed by atoms with Gasteiger partial charge in [0.15, 0.2) is 0 Å². The number of pyridine rings is 1. The average Bonchev–Trinajstić information content (AvgIpc) is 3.32. The Labute approximate surface area is 142 Å². The normalized spacial score (nSPS) is 13.2. The summed E-state index contributed by atoms with van der Waals surface area (Å²) in [4.78, 5) is 40.0. The van der Waals surface area contributed by atoms with Gasteiger partial charge in [-0.3, -0.25) is 9.59 Å². The third-order valence-corrected chi connectivity index (χ3v) is 4.50. The van der Waals surface area contributed by atoms with Gasteiger partial charge in [0.1, 0.15) is 10.7 Å². The first-order chi connectivity index (χ1) is 11.6. The van der Waals surface area contributed by atoms with Crippen LogP contribution in [0, 0.1) is 5.92 Å². The zero-order chi connectivity index (χ0) is 17.1. The molecule has 0 saturated heterocycles. The zero-order valence-electron chi connectivity index (χ0n) is 12.9. The summed E-state index contributed by atoms with van der Waals surface area (Å²) in [7, 11) is 1.29. The van der Waals surface area contributed by atoms with Gasteiger partial charge in [0.25, 0.3) is 5.91 Å². The predicted molar refractivity (Wildman–Crippen MR) is 89.2 cm³/mol. The molecule has 2 amide bonds. The van der Waals surface area contributed by atoms with Crippen LogP contribution in [-0.4, -0.2) is 29.9 Å². The summed E-state index contributed by atoms with van der Waals surface area (Å²) in [5.74, 6) is -0.278. The molecule has 0 spiro atoms. The number of esters is 1. The van der Waals surface area contributed by atoms with E-state index in [9.17, 15) is 14.4 Å². The Hall–Kier alpha value is -2.74. The number of anilines is 2. The number of carbonyl (C=O) groups excluding carboxylic acids is 3. The Kier molecular flexibility index (Phi) is 4.57. The van der Waals surface area contributed by atoms with E-state index < -0.39 is 5.97 Å². The summed E-state index contributed by atoms with van der Waals surface area (Å²) in [6.45, 7) is 0. The first kappa shape index (κ1) is 16.1. The summed E-state index contributed by atoms with van der Waals surface area (Å²) in [5, 5.41) is 5.41. The molecular weight excluding hydrogens is 330 g/mol. The van der Waals surface area contributed by atoms with Crippen LogP contribution in [0.2, 0.25) is 0 Å². The smallest absolute Gasteiger partial charge is 0.348 e. The molecule has 7 nitrogen and oxygen atoms in total. The van der Waals surface area contributed by atoms with Gasteiger partial charge in [-0.05, 0) is 37.1 Å². The number of amides is 2. The number of nitrogens with one attached hydrogen (secondary N) is 2. The van der Waals surface area contributed by atoms with Gasteiger partial charge in [-0.15, -0.1) is 11.3 Å². The summed E-state index contributed by atoms with van der Waals surface area (Å²) < 4.78 is 4.61. The predicted octanol–water partition coefficient (Wildman–Crippen LogP) is 2.53. The van der Waals surface area contributed by atoms with Crippen LogP contribution in [0.5, 0.6) is 0 Å². The van der Waals surface area contributed by atoms with Crippen molar-refractivity contribution < 1.29 is 19.1 Å². The summed E-state index contributed by atoms with van der Waals surface area (Å²) in [5.41, 5.74) is 0.498. The molecule has 1 saturated carbocycles. The highest BCUT2D eigenvalue weighted by atomic mass is 32.1. The van der Waals surface area contributed by atoms with Gasteiger partial charge in [0.05, 0.1) is 23.9 Å². The molecule has 2 aromatic rings. The highest BCUT2D eigenvalue weighted by Gasteiger charge is 2.29. The molecule has 0 aliphatic heterocycles. The van der Waals surface area contributed by atoms with Crippen molar-refractivity contribution in [2.45, 2.75) is 12.8 Å². The first-order valence-corrected chi connectivity index (χ1v) is 8.15. The number of ether oxygens (including phenoxy) is 1. The molecule has 1 fully saturated rings. The molecule has 124 valence electrons. The highest BCUT2D eigenvalue weighted by Crippen LogP contribution is 2.30. The van der Waals surface area contributed by atoms with Crippen molar-refractivity contribution in [3.8, 4) is 0 Å². The summed E-state index contributed by atoms with van der Waals surface area (Å²) in [6.07, 6.45) is 3.32. The van der Waals surface area contributed by atoms with Gasteiger partial charge in [0.2, 0.25) is 5.91 Å². The highest BCUT2D eigenvalue weighted by molar-refractivity contribution is 7.16. The number of hydrogen-bond donors (Lipinski definition) is 2. The number of aromatic nitrogens is 1. The Morgan fingerprint density at radius 1 is 1.12 bits per heavy atom. The van der Waals surface area contributed by atoms with Gasteiger partial charge >= 0.3 is 5.97 Å². The van der Waals surface area contributed by atoms with E-state index in [1.54, 1.807) is 24.3 Å². The van der Waals surface area contributed by atoms with Crippen molar-refractivity contribution in [3.63, 3.8) is 0 Å². The van der Waals surface area contributed by atoms with Gasteiger partial charge < -0.3 is 15.4 Å². The molecule has 0 atom stereocenters. The fourth-order valence-corrected chi connectivity index (χ4v) is 2.80. The van der Waals surface area contributed by atoms with Gasteiger partial charge in [-0.1, -0.05) is 0 Å². The Morgan fingerprint density at radius 2 is 1.88 bits per heavy atom. The van der Waals surface area contributed by atoms with Crippen LogP contribution in [0.3, 0.4) is 0 Å². The Bertz CT molecular complexity index is 781. The molecule has 24 heavy (non-hydrogen) atoms. The monoisotopic (exact) mass is 345 g/mol. The van der Waals surface area contributed by atoms with E-state index in [0.717, 1.165) is 24.2 Å². The molecular formula is C16H15N3O4S. The molecule has 1 aliphatic rings. The van der Waals surface area contributed by atoms with Crippen molar-refractivity contribution >= 4 is 40.6 Å². The average molecular weight is 345 g/mol. The third-order valence-electron chi connectivity index (χ3n) is 3.44. The van der Waals surface area contributed by atoms with Crippen molar-refractivity contribution in [1.29, 1.82) is 0 Å². The van der Waals surface area contributed by atoms with Crippen molar-refractivity contribution in [1.82, 2.24) is 4.98 Å². The number of carbonyl (C=O) groups is 3. The molecule has 1 aliphatic carbocycles. The van der Waals surface area contributed by atoms with Crippen LogP contribution >= 0.6 is 11.3 Å². The van der Waals surface area contributed by atoms with E-state index in [0.29, 0.717) is 21.3 Å². The van der Waals surface area contributed by atoms with E-state index in [-0.39, 0.29) is 17.7 Å². The molecule has 2 N–H and O–H groups in total. The largest absolute Gasteiger partial charge is 0.465 e. The van der Waals surface area contributed by atoms with Crippen LogP contribution < -0.4 is 10.6 Å². The quantitative estimate of drug-likeness (QED) is 0.812. The maximum absolute atomic E-state index is 12.1. The molecule has 0 unspecified atom stereocenters. The van der Waals surface area contributed by atoms with Crippen molar-refractivity contribution in [3.05, 3.63) is 40.2 Å². The first-order valence-electron chi connectivity index (χ1n) is 7.33. The number of hydrogen-bond acceptors (Lipinski definition) is 6. The second-order valence-electron chi connectivity index (χ2n) is 5.31. The van der Waals surface area contributed by atoms with Crippen LogP contribution in [-0.2, 0) is 9.53 Å². The minimum absolute atomic E-state index is 0.0202. The Morgan fingerprint density at radius 3 is 2.50 bits per heavy atom. The summed E-state index contributed by atoms with van der Waals surface area (Å²) >= 11 is 1.05. The SMILES string of the molecule is COC(=O)c1ccc(C(=O)Nc2ccc(NC(=O)C3CC3)nc2)s1. The molecule has 3 rings (SSSR count). The molecule has 0 aromatic carbocycles. The van der Waals surface area contributed by atoms with E-state index in [4.69, 9.17) is 0 Å².